The first-order valence-corrected chi connectivity index (χ1v) is 6.21. The molecule has 0 saturated carbocycles. The highest BCUT2D eigenvalue weighted by molar-refractivity contribution is 9.10. The highest BCUT2D eigenvalue weighted by Crippen LogP contribution is 2.34. The quantitative estimate of drug-likeness (QED) is 0.891. The largest absolute Gasteiger partial charge is 0.371 e. The number of rotatable bonds is 4. The van der Waals surface area contributed by atoms with Gasteiger partial charge in [0.25, 0.3) is 0 Å². The number of hydrogen-bond acceptors (Lipinski definition) is 2. The van der Waals surface area contributed by atoms with Gasteiger partial charge in [0.1, 0.15) is 6.04 Å². The first-order chi connectivity index (χ1) is 7.45. The third-order valence-electron chi connectivity index (χ3n) is 2.08. The molecular formula is C10H11BrCl2N2O. The summed E-state index contributed by atoms with van der Waals surface area (Å²) in [6, 6.07) is 2.92. The summed E-state index contributed by atoms with van der Waals surface area (Å²) in [7, 11) is 0. The van der Waals surface area contributed by atoms with E-state index in [1.807, 2.05) is 6.92 Å². The molecule has 1 amide bonds. The molecule has 3 nitrogen and oxygen atoms in total. The van der Waals surface area contributed by atoms with E-state index in [1.165, 1.54) is 0 Å². The maximum absolute atomic E-state index is 11.1. The zero-order valence-corrected chi connectivity index (χ0v) is 11.7. The van der Waals surface area contributed by atoms with Crippen LogP contribution < -0.4 is 11.1 Å². The van der Waals surface area contributed by atoms with Crippen molar-refractivity contribution in [3.05, 3.63) is 26.7 Å². The molecule has 0 radical (unpaired) electrons. The molecule has 16 heavy (non-hydrogen) atoms. The van der Waals surface area contributed by atoms with Crippen molar-refractivity contribution in [2.45, 2.75) is 19.4 Å². The molecule has 1 atom stereocenters. The molecule has 1 rings (SSSR count). The summed E-state index contributed by atoms with van der Waals surface area (Å²) >= 11 is 15.3. The van der Waals surface area contributed by atoms with Gasteiger partial charge in [0.05, 0.1) is 15.7 Å². The second-order valence-electron chi connectivity index (χ2n) is 3.25. The Morgan fingerprint density at radius 1 is 1.50 bits per heavy atom. The number of anilines is 1. The number of carbonyl (C=O) groups is 1. The summed E-state index contributed by atoms with van der Waals surface area (Å²) in [4.78, 5) is 11.1. The van der Waals surface area contributed by atoms with Crippen LogP contribution in [0.15, 0.2) is 16.6 Å². The molecule has 0 bridgehead atoms. The summed E-state index contributed by atoms with van der Waals surface area (Å²) in [5.74, 6) is -0.433. The molecule has 0 spiro atoms. The SMILES string of the molecule is CCC(Nc1c(Cl)cc(Br)cc1Cl)C(N)=O. The van der Waals surface area contributed by atoms with Crippen molar-refractivity contribution >= 4 is 50.7 Å². The smallest absolute Gasteiger partial charge is 0.239 e. The molecular weight excluding hydrogens is 315 g/mol. The number of primary amides is 1. The zero-order valence-electron chi connectivity index (χ0n) is 8.56. The van der Waals surface area contributed by atoms with E-state index >= 15 is 0 Å². The summed E-state index contributed by atoms with van der Waals surface area (Å²) < 4.78 is 0.778. The van der Waals surface area contributed by atoms with Crippen LogP contribution in [0.3, 0.4) is 0 Å². The van der Waals surface area contributed by atoms with E-state index in [0.29, 0.717) is 22.2 Å². The molecule has 3 N–H and O–H groups in total. The Hall–Kier alpha value is -0.450. The standard InChI is InChI=1S/C10H11BrCl2N2O/c1-2-8(10(14)16)15-9-6(12)3-5(11)4-7(9)13/h3-4,8,15H,2H2,1H3,(H2,14,16). The van der Waals surface area contributed by atoms with Crippen molar-refractivity contribution in [2.24, 2.45) is 5.73 Å². The van der Waals surface area contributed by atoms with Gasteiger partial charge in [-0.3, -0.25) is 4.79 Å². The van der Waals surface area contributed by atoms with Gasteiger partial charge in [-0.05, 0) is 18.6 Å². The van der Waals surface area contributed by atoms with E-state index in [1.54, 1.807) is 12.1 Å². The average molecular weight is 326 g/mol. The highest BCUT2D eigenvalue weighted by atomic mass is 79.9. The van der Waals surface area contributed by atoms with Gasteiger partial charge in [-0.1, -0.05) is 46.1 Å². The highest BCUT2D eigenvalue weighted by Gasteiger charge is 2.16. The Morgan fingerprint density at radius 2 is 2.00 bits per heavy atom. The predicted molar refractivity (Wildman–Crippen MR) is 71.1 cm³/mol. The molecule has 0 aliphatic heterocycles. The summed E-state index contributed by atoms with van der Waals surface area (Å²) in [6.45, 7) is 1.85. The minimum Gasteiger partial charge on any atom is -0.371 e. The lowest BCUT2D eigenvalue weighted by molar-refractivity contribution is -0.118. The Morgan fingerprint density at radius 3 is 2.38 bits per heavy atom. The van der Waals surface area contributed by atoms with Crippen molar-refractivity contribution in [1.29, 1.82) is 0 Å². The van der Waals surface area contributed by atoms with Gasteiger partial charge in [-0.2, -0.15) is 0 Å². The van der Waals surface area contributed by atoms with E-state index in [2.05, 4.69) is 21.2 Å². The molecule has 0 fully saturated rings. The molecule has 88 valence electrons. The maximum Gasteiger partial charge on any atom is 0.239 e. The van der Waals surface area contributed by atoms with Crippen molar-refractivity contribution in [2.75, 3.05) is 5.32 Å². The van der Waals surface area contributed by atoms with E-state index in [9.17, 15) is 4.79 Å². The van der Waals surface area contributed by atoms with Crippen LogP contribution in [0.5, 0.6) is 0 Å². The Labute approximate surface area is 112 Å². The predicted octanol–water partition coefficient (Wildman–Crippen LogP) is 3.43. The maximum atomic E-state index is 11.1. The number of carbonyl (C=O) groups excluding carboxylic acids is 1. The van der Waals surface area contributed by atoms with E-state index in [-0.39, 0.29) is 0 Å². The van der Waals surface area contributed by atoms with Gasteiger partial charge in [0, 0.05) is 4.47 Å². The van der Waals surface area contributed by atoms with Crippen LogP contribution >= 0.6 is 39.1 Å². The molecule has 0 aromatic heterocycles. The van der Waals surface area contributed by atoms with Gasteiger partial charge in [0.15, 0.2) is 0 Å². The van der Waals surface area contributed by atoms with Crippen LogP contribution in [0, 0.1) is 0 Å². The fourth-order valence-corrected chi connectivity index (χ4v) is 2.55. The first kappa shape index (κ1) is 13.6. The van der Waals surface area contributed by atoms with Gasteiger partial charge in [-0.25, -0.2) is 0 Å². The van der Waals surface area contributed by atoms with Crippen LogP contribution in [-0.4, -0.2) is 11.9 Å². The zero-order chi connectivity index (χ0) is 12.3. The first-order valence-electron chi connectivity index (χ1n) is 4.66. The van der Waals surface area contributed by atoms with Crippen LogP contribution in [-0.2, 0) is 4.79 Å². The van der Waals surface area contributed by atoms with Gasteiger partial charge in [-0.15, -0.1) is 0 Å². The number of benzene rings is 1. The van der Waals surface area contributed by atoms with E-state index in [4.69, 9.17) is 28.9 Å². The third-order valence-corrected chi connectivity index (χ3v) is 3.13. The van der Waals surface area contributed by atoms with Crippen molar-refractivity contribution < 1.29 is 4.79 Å². The lowest BCUT2D eigenvalue weighted by Gasteiger charge is -2.17. The summed E-state index contributed by atoms with van der Waals surface area (Å²) in [6.07, 6.45) is 0.568. The van der Waals surface area contributed by atoms with Crippen molar-refractivity contribution in [3.63, 3.8) is 0 Å². The average Bonchev–Trinajstić information content (AvgIpc) is 2.15. The number of halogens is 3. The number of amides is 1. The second-order valence-corrected chi connectivity index (χ2v) is 4.98. The lowest BCUT2D eigenvalue weighted by Crippen LogP contribution is -2.34. The van der Waals surface area contributed by atoms with Crippen LogP contribution in [0.1, 0.15) is 13.3 Å². The van der Waals surface area contributed by atoms with Gasteiger partial charge in [0.2, 0.25) is 5.91 Å². The molecule has 1 aromatic carbocycles. The van der Waals surface area contributed by atoms with E-state index < -0.39 is 11.9 Å². The van der Waals surface area contributed by atoms with Gasteiger partial charge < -0.3 is 11.1 Å². The molecule has 1 aromatic rings. The van der Waals surface area contributed by atoms with Crippen LogP contribution in [0.4, 0.5) is 5.69 Å². The molecule has 0 aliphatic carbocycles. The Kier molecular flexibility index (Phi) is 4.89. The minimum absolute atomic E-state index is 0.433. The van der Waals surface area contributed by atoms with Gasteiger partial charge >= 0.3 is 0 Å². The summed E-state index contributed by atoms with van der Waals surface area (Å²) in [5, 5.41) is 3.82. The lowest BCUT2D eigenvalue weighted by atomic mass is 10.2. The molecule has 1 unspecified atom stereocenters. The van der Waals surface area contributed by atoms with Crippen LogP contribution in [0.25, 0.3) is 0 Å². The van der Waals surface area contributed by atoms with Crippen molar-refractivity contribution in [1.82, 2.24) is 0 Å². The normalized spacial score (nSPS) is 12.2. The van der Waals surface area contributed by atoms with Crippen LogP contribution in [0.2, 0.25) is 10.0 Å². The monoisotopic (exact) mass is 324 g/mol. The number of hydrogen-bond donors (Lipinski definition) is 2. The second kappa shape index (κ2) is 5.75. The summed E-state index contributed by atoms with van der Waals surface area (Å²) in [5.41, 5.74) is 5.75. The number of nitrogens with two attached hydrogens (primary N) is 1. The third kappa shape index (κ3) is 3.27. The molecule has 0 heterocycles. The molecule has 6 heteroatoms. The van der Waals surface area contributed by atoms with E-state index in [0.717, 1.165) is 4.47 Å². The fourth-order valence-electron chi connectivity index (χ4n) is 1.23. The fraction of sp³-hybridized carbons (Fsp3) is 0.300. The Bertz CT molecular complexity index is 389. The molecule has 0 aliphatic rings. The Balaban J connectivity index is 3.01. The topological polar surface area (TPSA) is 55.1 Å². The van der Waals surface area contributed by atoms with Crippen molar-refractivity contribution in [3.8, 4) is 0 Å². The minimum atomic E-state index is -0.476. The molecule has 0 saturated heterocycles. The number of nitrogens with one attached hydrogen (secondary N) is 1.